The summed E-state index contributed by atoms with van der Waals surface area (Å²) in [6.07, 6.45) is -0.516. The van der Waals surface area contributed by atoms with Crippen LogP contribution >= 0.6 is 0 Å². The summed E-state index contributed by atoms with van der Waals surface area (Å²) in [5.41, 5.74) is 0. The Balaban J connectivity index is 2.91. The molecule has 6 nitrogen and oxygen atoms in total. The minimum absolute atomic E-state index is 0.150. The molecule has 0 radical (unpaired) electrons. The highest BCUT2D eigenvalue weighted by Crippen LogP contribution is 2.18. The van der Waals surface area contributed by atoms with Crippen LogP contribution in [0.2, 0.25) is 0 Å². The molecule has 0 saturated heterocycles. The summed E-state index contributed by atoms with van der Waals surface area (Å²) >= 11 is 0. The largest absolute Gasteiger partial charge is 0.414 e. The van der Waals surface area contributed by atoms with E-state index in [0.717, 1.165) is 4.31 Å². The van der Waals surface area contributed by atoms with Crippen molar-refractivity contribution in [3.8, 4) is 5.75 Å². The van der Waals surface area contributed by atoms with Crippen LogP contribution in [-0.2, 0) is 10.0 Å². The fourth-order valence-corrected chi connectivity index (χ4v) is 1.98. The standard InChI is InChI=1S/C11H16N2O4S/c1-12(2)11(14)17-9-5-7-10(8-6-9)18(15,16)13(3)4/h5-8H,1-4H3. The van der Waals surface area contributed by atoms with Gasteiger partial charge >= 0.3 is 6.09 Å². The molecule has 0 N–H and O–H groups in total. The summed E-state index contributed by atoms with van der Waals surface area (Å²) in [7, 11) is 2.58. The molecule has 0 aliphatic carbocycles. The second-order valence-electron chi connectivity index (χ2n) is 4.02. The zero-order valence-electron chi connectivity index (χ0n) is 10.7. The van der Waals surface area contributed by atoms with Crippen LogP contribution in [0.25, 0.3) is 0 Å². The van der Waals surface area contributed by atoms with E-state index in [1.807, 2.05) is 0 Å². The van der Waals surface area contributed by atoms with E-state index < -0.39 is 16.1 Å². The number of carbonyl (C=O) groups excluding carboxylic acids is 1. The van der Waals surface area contributed by atoms with Crippen molar-refractivity contribution in [1.29, 1.82) is 0 Å². The van der Waals surface area contributed by atoms with Gasteiger partial charge in [-0.15, -0.1) is 0 Å². The Kier molecular flexibility index (Phi) is 4.31. The van der Waals surface area contributed by atoms with Gasteiger partial charge < -0.3 is 9.64 Å². The summed E-state index contributed by atoms with van der Waals surface area (Å²) < 4.78 is 29.7. The Morgan fingerprint density at radius 3 is 1.94 bits per heavy atom. The van der Waals surface area contributed by atoms with Gasteiger partial charge in [-0.25, -0.2) is 17.5 Å². The lowest BCUT2D eigenvalue weighted by Crippen LogP contribution is -2.25. The molecule has 0 atom stereocenters. The number of hydrogen-bond acceptors (Lipinski definition) is 4. The van der Waals surface area contributed by atoms with E-state index in [0.29, 0.717) is 5.75 Å². The van der Waals surface area contributed by atoms with E-state index in [1.165, 1.54) is 43.3 Å². The number of nitrogens with zero attached hydrogens (tertiary/aromatic N) is 2. The minimum atomic E-state index is -3.46. The van der Waals surface area contributed by atoms with E-state index in [-0.39, 0.29) is 4.90 Å². The van der Waals surface area contributed by atoms with Crippen LogP contribution < -0.4 is 4.74 Å². The topological polar surface area (TPSA) is 66.9 Å². The summed E-state index contributed by atoms with van der Waals surface area (Å²) in [5.74, 6) is 0.298. The normalized spacial score (nSPS) is 11.4. The van der Waals surface area contributed by atoms with Gasteiger partial charge in [0, 0.05) is 28.2 Å². The van der Waals surface area contributed by atoms with Crippen LogP contribution in [0.3, 0.4) is 0 Å². The van der Waals surface area contributed by atoms with Gasteiger partial charge in [-0.2, -0.15) is 0 Å². The molecular weight excluding hydrogens is 256 g/mol. The third-order valence-corrected chi connectivity index (χ3v) is 4.00. The van der Waals surface area contributed by atoms with Crippen molar-refractivity contribution in [2.45, 2.75) is 4.90 Å². The molecule has 18 heavy (non-hydrogen) atoms. The molecule has 0 aliphatic heterocycles. The van der Waals surface area contributed by atoms with Crippen molar-refractivity contribution in [3.63, 3.8) is 0 Å². The first-order valence-corrected chi connectivity index (χ1v) is 6.61. The van der Waals surface area contributed by atoms with Gasteiger partial charge in [0.1, 0.15) is 5.75 Å². The second-order valence-corrected chi connectivity index (χ2v) is 6.17. The zero-order valence-corrected chi connectivity index (χ0v) is 11.6. The monoisotopic (exact) mass is 272 g/mol. The maximum absolute atomic E-state index is 11.8. The Morgan fingerprint density at radius 2 is 1.56 bits per heavy atom. The summed E-state index contributed by atoms with van der Waals surface area (Å²) in [4.78, 5) is 12.7. The predicted molar refractivity (Wildman–Crippen MR) is 67.0 cm³/mol. The first-order valence-electron chi connectivity index (χ1n) is 5.17. The maximum atomic E-state index is 11.8. The van der Waals surface area contributed by atoms with Gasteiger partial charge in [-0.3, -0.25) is 0 Å². The summed E-state index contributed by atoms with van der Waals surface area (Å²) in [6.45, 7) is 0. The van der Waals surface area contributed by atoms with E-state index >= 15 is 0 Å². The van der Waals surface area contributed by atoms with Crippen molar-refractivity contribution >= 4 is 16.1 Å². The summed E-state index contributed by atoms with van der Waals surface area (Å²) in [5, 5.41) is 0. The van der Waals surface area contributed by atoms with Gasteiger partial charge in [-0.05, 0) is 24.3 Å². The van der Waals surface area contributed by atoms with Gasteiger partial charge in [0.05, 0.1) is 4.90 Å². The number of hydrogen-bond donors (Lipinski definition) is 0. The lowest BCUT2D eigenvalue weighted by Gasteiger charge is -2.13. The van der Waals surface area contributed by atoms with Crippen molar-refractivity contribution in [2.75, 3.05) is 28.2 Å². The second kappa shape index (κ2) is 5.36. The van der Waals surface area contributed by atoms with Gasteiger partial charge in [-0.1, -0.05) is 0 Å². The Hall–Kier alpha value is -1.60. The fourth-order valence-electron chi connectivity index (χ4n) is 1.08. The zero-order chi connectivity index (χ0) is 13.9. The lowest BCUT2D eigenvalue weighted by molar-refractivity contribution is 0.172. The van der Waals surface area contributed by atoms with E-state index in [1.54, 1.807) is 14.1 Å². The van der Waals surface area contributed by atoms with E-state index in [2.05, 4.69) is 0 Å². The number of benzene rings is 1. The van der Waals surface area contributed by atoms with Crippen LogP contribution in [0.1, 0.15) is 0 Å². The van der Waals surface area contributed by atoms with Crippen LogP contribution in [0.4, 0.5) is 4.79 Å². The molecule has 0 aliphatic rings. The minimum Gasteiger partial charge on any atom is -0.410 e. The third kappa shape index (κ3) is 3.21. The average molecular weight is 272 g/mol. The van der Waals surface area contributed by atoms with Crippen molar-refractivity contribution in [1.82, 2.24) is 9.21 Å². The number of ether oxygens (including phenoxy) is 1. The Bertz CT molecular complexity index is 520. The summed E-state index contributed by atoms with van der Waals surface area (Å²) in [6, 6.07) is 5.68. The smallest absolute Gasteiger partial charge is 0.410 e. The lowest BCUT2D eigenvalue weighted by atomic mass is 10.3. The number of sulfonamides is 1. The molecule has 0 spiro atoms. The molecule has 100 valence electrons. The SMILES string of the molecule is CN(C)C(=O)Oc1ccc(S(=O)(=O)N(C)C)cc1. The quantitative estimate of drug-likeness (QED) is 0.823. The van der Waals surface area contributed by atoms with Crippen molar-refractivity contribution in [3.05, 3.63) is 24.3 Å². The van der Waals surface area contributed by atoms with Gasteiger partial charge in [0.15, 0.2) is 0 Å². The molecule has 0 bridgehead atoms. The molecule has 1 aromatic rings. The molecule has 0 saturated carbocycles. The fraction of sp³-hybridized carbons (Fsp3) is 0.364. The number of rotatable bonds is 3. The van der Waals surface area contributed by atoms with Crippen LogP contribution in [-0.4, -0.2) is 51.9 Å². The number of carbonyl (C=O) groups is 1. The van der Waals surface area contributed by atoms with Gasteiger partial charge in [0.2, 0.25) is 10.0 Å². The maximum Gasteiger partial charge on any atom is 0.414 e. The molecule has 1 rings (SSSR count). The molecule has 0 aromatic heterocycles. The number of amides is 1. The first-order chi connectivity index (χ1) is 8.25. The van der Waals surface area contributed by atoms with Crippen LogP contribution in [0.5, 0.6) is 5.75 Å². The molecular formula is C11H16N2O4S. The molecule has 1 amide bonds. The van der Waals surface area contributed by atoms with Gasteiger partial charge in [0.25, 0.3) is 0 Å². The third-order valence-electron chi connectivity index (χ3n) is 2.17. The molecule has 7 heteroatoms. The molecule has 0 heterocycles. The van der Waals surface area contributed by atoms with E-state index in [9.17, 15) is 13.2 Å². The van der Waals surface area contributed by atoms with Crippen LogP contribution in [0, 0.1) is 0 Å². The highest BCUT2D eigenvalue weighted by atomic mass is 32.2. The Morgan fingerprint density at radius 1 is 1.06 bits per heavy atom. The first kappa shape index (κ1) is 14.5. The highest BCUT2D eigenvalue weighted by molar-refractivity contribution is 7.89. The van der Waals surface area contributed by atoms with Crippen LogP contribution in [0.15, 0.2) is 29.2 Å². The predicted octanol–water partition coefficient (Wildman–Crippen LogP) is 0.997. The Labute approximate surface area is 107 Å². The van der Waals surface area contributed by atoms with E-state index in [4.69, 9.17) is 4.74 Å². The molecule has 0 unspecified atom stereocenters. The highest BCUT2D eigenvalue weighted by Gasteiger charge is 2.17. The molecule has 1 aromatic carbocycles. The molecule has 0 fully saturated rings. The van der Waals surface area contributed by atoms with Crippen molar-refractivity contribution in [2.24, 2.45) is 0 Å². The van der Waals surface area contributed by atoms with Crippen molar-refractivity contribution < 1.29 is 17.9 Å². The average Bonchev–Trinajstić information content (AvgIpc) is 2.29.